The van der Waals surface area contributed by atoms with Crippen LogP contribution in [-0.4, -0.2) is 33.4 Å². The molecule has 3 aromatic carbocycles. The molecule has 0 saturated carbocycles. The van der Waals surface area contributed by atoms with Gasteiger partial charge in [0.05, 0.1) is 23.3 Å². The number of carbonyl (C=O) groups is 2. The molecule has 0 aromatic heterocycles. The molecule has 0 radical (unpaired) electrons. The summed E-state index contributed by atoms with van der Waals surface area (Å²) in [4.78, 5) is 25.4. The minimum atomic E-state index is -3.93. The molecule has 0 spiro atoms. The second kappa shape index (κ2) is 10.8. The number of carbonyl (C=O) groups excluding carboxylic acids is 2. The van der Waals surface area contributed by atoms with E-state index in [1.807, 2.05) is 13.8 Å². The predicted molar refractivity (Wildman–Crippen MR) is 132 cm³/mol. The van der Waals surface area contributed by atoms with Gasteiger partial charge in [0.2, 0.25) is 0 Å². The van der Waals surface area contributed by atoms with E-state index >= 15 is 0 Å². The number of methoxy groups -OCH3 is 1. The fourth-order valence-corrected chi connectivity index (χ4v) is 4.17. The lowest BCUT2D eigenvalue weighted by atomic mass is 10.1. The smallest absolute Gasteiger partial charge is 0.261 e. The number of hydrogen-bond acceptors (Lipinski definition) is 5. The molecule has 0 aliphatic heterocycles. The van der Waals surface area contributed by atoms with Crippen molar-refractivity contribution in [2.75, 3.05) is 17.1 Å². The standard InChI is InChI=1S/C25H27N3O5S/c1-4-17(2)26-25(30)22-10-5-6-11-23(22)27-24(29)18-8-7-9-21(16-18)34(31,32)28-19-12-14-20(33-3)15-13-19/h5-17,28H,4H2,1-3H3,(H,26,30)(H,27,29)/t17-/m1/s1. The molecule has 178 valence electrons. The fraction of sp³-hybridized carbons (Fsp3) is 0.200. The van der Waals surface area contributed by atoms with E-state index in [1.54, 1.807) is 48.5 Å². The highest BCUT2D eigenvalue weighted by molar-refractivity contribution is 7.92. The second-order valence-electron chi connectivity index (χ2n) is 7.64. The van der Waals surface area contributed by atoms with Crippen molar-refractivity contribution in [1.82, 2.24) is 5.32 Å². The zero-order chi connectivity index (χ0) is 24.7. The zero-order valence-electron chi connectivity index (χ0n) is 19.2. The summed E-state index contributed by atoms with van der Waals surface area (Å²) in [6, 6.07) is 18.7. The van der Waals surface area contributed by atoms with Crippen LogP contribution in [0.15, 0.2) is 77.7 Å². The van der Waals surface area contributed by atoms with Crippen LogP contribution in [0.25, 0.3) is 0 Å². The second-order valence-corrected chi connectivity index (χ2v) is 9.33. The Morgan fingerprint density at radius 1 is 0.941 bits per heavy atom. The molecule has 3 aromatic rings. The molecule has 0 bridgehead atoms. The van der Waals surface area contributed by atoms with Gasteiger partial charge in [-0.25, -0.2) is 8.42 Å². The summed E-state index contributed by atoms with van der Waals surface area (Å²) in [5, 5.41) is 5.58. The third kappa shape index (κ3) is 6.14. The first-order chi connectivity index (χ1) is 16.2. The normalized spacial score (nSPS) is 11.9. The Morgan fingerprint density at radius 2 is 1.65 bits per heavy atom. The molecule has 9 heteroatoms. The number of amides is 2. The molecule has 34 heavy (non-hydrogen) atoms. The van der Waals surface area contributed by atoms with E-state index in [-0.39, 0.29) is 22.4 Å². The van der Waals surface area contributed by atoms with Gasteiger partial charge in [-0.3, -0.25) is 14.3 Å². The summed E-state index contributed by atoms with van der Waals surface area (Å²) in [6.45, 7) is 3.86. The Hall–Kier alpha value is -3.85. The summed E-state index contributed by atoms with van der Waals surface area (Å²) in [5.74, 6) is -0.240. The quantitative estimate of drug-likeness (QED) is 0.422. The molecular weight excluding hydrogens is 454 g/mol. The summed E-state index contributed by atoms with van der Waals surface area (Å²) < 4.78 is 33.2. The lowest BCUT2D eigenvalue weighted by molar-refractivity contribution is 0.0940. The number of nitrogens with one attached hydrogen (secondary N) is 3. The Kier molecular flexibility index (Phi) is 7.91. The maximum atomic E-state index is 12.9. The van der Waals surface area contributed by atoms with Crippen LogP contribution in [0.5, 0.6) is 5.75 Å². The maximum Gasteiger partial charge on any atom is 0.261 e. The lowest BCUT2D eigenvalue weighted by Crippen LogP contribution is -2.32. The average molecular weight is 482 g/mol. The van der Waals surface area contributed by atoms with E-state index in [1.165, 1.54) is 31.4 Å². The van der Waals surface area contributed by atoms with Crippen molar-refractivity contribution in [3.63, 3.8) is 0 Å². The van der Waals surface area contributed by atoms with Gasteiger partial charge in [-0.15, -0.1) is 0 Å². The SMILES string of the molecule is CC[C@@H](C)NC(=O)c1ccccc1NC(=O)c1cccc(S(=O)(=O)Nc2ccc(OC)cc2)c1. The number of benzene rings is 3. The highest BCUT2D eigenvalue weighted by Gasteiger charge is 2.19. The van der Waals surface area contributed by atoms with E-state index in [4.69, 9.17) is 4.74 Å². The Bertz CT molecular complexity index is 1270. The zero-order valence-corrected chi connectivity index (χ0v) is 20.0. The summed E-state index contributed by atoms with van der Waals surface area (Å²) >= 11 is 0. The van der Waals surface area contributed by atoms with Gasteiger partial charge in [-0.1, -0.05) is 25.1 Å². The van der Waals surface area contributed by atoms with Crippen LogP contribution in [0.2, 0.25) is 0 Å². The Labute approximate surface area is 199 Å². The Balaban J connectivity index is 1.79. The highest BCUT2D eigenvalue weighted by Crippen LogP contribution is 2.21. The first-order valence-electron chi connectivity index (χ1n) is 10.7. The van der Waals surface area contributed by atoms with E-state index in [9.17, 15) is 18.0 Å². The molecule has 0 unspecified atom stereocenters. The van der Waals surface area contributed by atoms with E-state index in [0.717, 1.165) is 6.42 Å². The van der Waals surface area contributed by atoms with Crippen LogP contribution >= 0.6 is 0 Å². The third-order valence-corrected chi connectivity index (χ3v) is 6.54. The number of rotatable bonds is 9. The van der Waals surface area contributed by atoms with Gasteiger partial charge in [0.1, 0.15) is 5.75 Å². The summed E-state index contributed by atoms with van der Waals surface area (Å²) in [5.41, 5.74) is 1.14. The van der Waals surface area contributed by atoms with E-state index in [0.29, 0.717) is 22.7 Å². The fourth-order valence-electron chi connectivity index (χ4n) is 3.07. The first-order valence-corrected chi connectivity index (χ1v) is 12.2. The van der Waals surface area contributed by atoms with Crippen LogP contribution < -0.4 is 20.1 Å². The maximum absolute atomic E-state index is 12.9. The van der Waals surface area contributed by atoms with Crippen LogP contribution in [0.4, 0.5) is 11.4 Å². The van der Waals surface area contributed by atoms with Crippen LogP contribution in [0.3, 0.4) is 0 Å². The minimum Gasteiger partial charge on any atom is -0.497 e. The van der Waals surface area contributed by atoms with Gasteiger partial charge in [-0.05, 0) is 67.9 Å². The van der Waals surface area contributed by atoms with Gasteiger partial charge in [0.15, 0.2) is 0 Å². The number of anilines is 2. The number of sulfonamides is 1. The highest BCUT2D eigenvalue weighted by atomic mass is 32.2. The lowest BCUT2D eigenvalue weighted by Gasteiger charge is -2.15. The molecule has 8 nitrogen and oxygen atoms in total. The Morgan fingerprint density at radius 3 is 2.32 bits per heavy atom. The van der Waals surface area contributed by atoms with Crippen LogP contribution in [-0.2, 0) is 10.0 Å². The summed E-state index contributed by atoms with van der Waals surface area (Å²) in [7, 11) is -2.41. The van der Waals surface area contributed by atoms with Crippen molar-refractivity contribution in [3.8, 4) is 5.75 Å². The van der Waals surface area contributed by atoms with Crippen molar-refractivity contribution in [2.45, 2.75) is 31.2 Å². The molecule has 3 N–H and O–H groups in total. The molecular formula is C25H27N3O5S. The topological polar surface area (TPSA) is 114 Å². The molecule has 0 aliphatic rings. The minimum absolute atomic E-state index is 0.0173. The third-order valence-electron chi connectivity index (χ3n) is 5.16. The summed E-state index contributed by atoms with van der Waals surface area (Å²) in [6.07, 6.45) is 0.770. The van der Waals surface area contributed by atoms with Gasteiger partial charge in [0.25, 0.3) is 21.8 Å². The molecule has 0 fully saturated rings. The van der Waals surface area contributed by atoms with Gasteiger partial charge >= 0.3 is 0 Å². The molecule has 0 saturated heterocycles. The number of ether oxygens (including phenoxy) is 1. The monoisotopic (exact) mass is 481 g/mol. The molecule has 0 heterocycles. The molecule has 3 rings (SSSR count). The van der Waals surface area contributed by atoms with Crippen LogP contribution in [0.1, 0.15) is 41.0 Å². The van der Waals surface area contributed by atoms with Crippen molar-refractivity contribution >= 4 is 33.2 Å². The molecule has 0 aliphatic carbocycles. The largest absolute Gasteiger partial charge is 0.497 e. The number of para-hydroxylation sites is 1. The van der Waals surface area contributed by atoms with Crippen molar-refractivity contribution < 1.29 is 22.7 Å². The van der Waals surface area contributed by atoms with Crippen molar-refractivity contribution in [3.05, 3.63) is 83.9 Å². The van der Waals surface area contributed by atoms with Gasteiger partial charge < -0.3 is 15.4 Å². The van der Waals surface area contributed by atoms with Crippen molar-refractivity contribution in [1.29, 1.82) is 0 Å². The predicted octanol–water partition coefficient (Wildman–Crippen LogP) is 4.28. The number of hydrogen-bond donors (Lipinski definition) is 3. The average Bonchev–Trinajstić information content (AvgIpc) is 2.84. The van der Waals surface area contributed by atoms with Crippen LogP contribution in [0, 0.1) is 0 Å². The van der Waals surface area contributed by atoms with E-state index in [2.05, 4.69) is 15.4 Å². The first kappa shape index (κ1) is 24.8. The van der Waals surface area contributed by atoms with Crippen molar-refractivity contribution in [2.24, 2.45) is 0 Å². The van der Waals surface area contributed by atoms with E-state index < -0.39 is 15.9 Å². The molecule has 1 atom stereocenters. The molecule has 2 amide bonds. The van der Waals surface area contributed by atoms with Gasteiger partial charge in [0, 0.05) is 17.3 Å². The van der Waals surface area contributed by atoms with Gasteiger partial charge in [-0.2, -0.15) is 0 Å².